The molecule has 10 nitrogen and oxygen atoms in total. The van der Waals surface area contributed by atoms with Crippen LogP contribution < -0.4 is 10.6 Å². The molecule has 0 radical (unpaired) electrons. The van der Waals surface area contributed by atoms with Crippen LogP contribution in [0.2, 0.25) is 0 Å². The quantitative estimate of drug-likeness (QED) is 0.427. The number of aliphatic carboxylic acids is 2. The van der Waals surface area contributed by atoms with Gasteiger partial charge in [0.05, 0.1) is 0 Å². The van der Waals surface area contributed by atoms with Crippen molar-refractivity contribution >= 4 is 34.4 Å². The summed E-state index contributed by atoms with van der Waals surface area (Å²) in [5, 5.41) is 28.0. The Morgan fingerprint density at radius 3 is 1.89 bits per heavy atom. The van der Waals surface area contributed by atoms with Gasteiger partial charge in [0.25, 0.3) is 0 Å². The molecule has 1 aliphatic rings. The van der Waals surface area contributed by atoms with Gasteiger partial charge in [-0.15, -0.1) is 10.2 Å². The zero-order valence-electron chi connectivity index (χ0n) is 18.2. The molecule has 1 saturated heterocycles. The van der Waals surface area contributed by atoms with Crippen LogP contribution in [0.25, 0.3) is 0 Å². The van der Waals surface area contributed by atoms with Crippen LogP contribution in [0.3, 0.4) is 0 Å². The van der Waals surface area contributed by atoms with Gasteiger partial charge >= 0.3 is 30.3 Å². The highest BCUT2D eigenvalue weighted by atomic mass is 32.1. The SMILES string of the molecule is O=C(Nc1nncs1)NC1CCN(Cc2ccccc2)CC1.O=C(O)C(F)(F)F.O=C(O)C(F)(F)F. The third kappa shape index (κ3) is 12.8. The Hall–Kier alpha value is -3.47. The number of amides is 2. The summed E-state index contributed by atoms with van der Waals surface area (Å²) in [5.74, 6) is -5.51. The summed E-state index contributed by atoms with van der Waals surface area (Å²) >= 11 is 1.31. The average Bonchev–Trinajstić information content (AvgIpc) is 3.28. The monoisotopic (exact) mass is 545 g/mol. The highest BCUT2D eigenvalue weighted by Gasteiger charge is 2.38. The van der Waals surface area contributed by atoms with Crippen LogP contribution in [0.1, 0.15) is 18.4 Å². The lowest BCUT2D eigenvalue weighted by Gasteiger charge is -2.32. The van der Waals surface area contributed by atoms with Crippen molar-refractivity contribution in [2.45, 2.75) is 37.8 Å². The van der Waals surface area contributed by atoms with E-state index in [0.717, 1.165) is 32.5 Å². The minimum atomic E-state index is -5.08. The van der Waals surface area contributed by atoms with Gasteiger partial charge in [0.15, 0.2) is 0 Å². The molecule has 17 heteroatoms. The Morgan fingerprint density at radius 2 is 1.47 bits per heavy atom. The number of nitrogens with zero attached hydrogens (tertiary/aromatic N) is 3. The first kappa shape index (κ1) is 30.6. The smallest absolute Gasteiger partial charge is 0.475 e. The van der Waals surface area contributed by atoms with E-state index in [0.29, 0.717) is 5.13 Å². The highest BCUT2D eigenvalue weighted by Crippen LogP contribution is 2.15. The predicted molar refractivity (Wildman–Crippen MR) is 114 cm³/mol. The molecular formula is C19H21F6N5O5S. The molecule has 1 aromatic carbocycles. The fourth-order valence-corrected chi connectivity index (χ4v) is 3.06. The van der Waals surface area contributed by atoms with Gasteiger partial charge in [-0.1, -0.05) is 41.7 Å². The lowest BCUT2D eigenvalue weighted by molar-refractivity contribution is -0.193. The molecule has 0 saturated carbocycles. The Balaban J connectivity index is 0.000000383. The van der Waals surface area contributed by atoms with Crippen LogP contribution in [-0.2, 0) is 16.1 Å². The van der Waals surface area contributed by atoms with Gasteiger partial charge in [-0.2, -0.15) is 26.3 Å². The van der Waals surface area contributed by atoms with Crippen molar-refractivity contribution in [2.24, 2.45) is 0 Å². The zero-order chi connectivity index (χ0) is 27.4. The van der Waals surface area contributed by atoms with E-state index in [1.54, 1.807) is 5.51 Å². The number of carboxylic acids is 2. The van der Waals surface area contributed by atoms with Gasteiger partial charge in [0.2, 0.25) is 5.13 Å². The maximum absolute atomic E-state index is 11.9. The molecule has 4 N–H and O–H groups in total. The van der Waals surface area contributed by atoms with Crippen LogP contribution >= 0.6 is 11.3 Å². The van der Waals surface area contributed by atoms with Gasteiger partial charge in [-0.3, -0.25) is 10.2 Å². The number of rotatable bonds is 4. The number of alkyl halides is 6. The Morgan fingerprint density at radius 1 is 0.972 bits per heavy atom. The molecule has 0 atom stereocenters. The number of piperidine rings is 1. The number of nitrogens with one attached hydrogen (secondary N) is 2. The maximum atomic E-state index is 11.9. The average molecular weight is 545 g/mol. The maximum Gasteiger partial charge on any atom is 0.490 e. The summed E-state index contributed by atoms with van der Waals surface area (Å²) in [5.41, 5.74) is 2.93. The van der Waals surface area contributed by atoms with Gasteiger partial charge in [0, 0.05) is 25.7 Å². The van der Waals surface area contributed by atoms with Crippen LogP contribution in [-0.4, -0.2) is 74.8 Å². The van der Waals surface area contributed by atoms with Crippen molar-refractivity contribution in [3.8, 4) is 0 Å². The van der Waals surface area contributed by atoms with E-state index in [1.807, 2.05) is 6.07 Å². The Kier molecular flexibility index (Phi) is 12.0. The zero-order valence-corrected chi connectivity index (χ0v) is 19.0. The van der Waals surface area contributed by atoms with Gasteiger partial charge in [-0.05, 0) is 18.4 Å². The van der Waals surface area contributed by atoms with E-state index in [4.69, 9.17) is 19.8 Å². The van der Waals surface area contributed by atoms with Crippen LogP contribution in [0.4, 0.5) is 36.3 Å². The molecule has 1 aromatic heterocycles. The number of urea groups is 1. The number of halogens is 6. The summed E-state index contributed by atoms with van der Waals surface area (Å²) < 4.78 is 63.5. The topological polar surface area (TPSA) is 145 Å². The van der Waals surface area contributed by atoms with E-state index in [-0.39, 0.29) is 12.1 Å². The number of carbonyl (C=O) groups excluding carboxylic acids is 1. The number of hydrogen-bond donors (Lipinski definition) is 4. The second-order valence-electron chi connectivity index (χ2n) is 6.98. The third-order valence-electron chi connectivity index (χ3n) is 4.24. The third-order valence-corrected chi connectivity index (χ3v) is 4.84. The van der Waals surface area contributed by atoms with E-state index in [2.05, 4.69) is 50.0 Å². The molecule has 0 unspecified atom stereocenters. The number of hydrogen-bond acceptors (Lipinski definition) is 7. The molecule has 1 aliphatic heterocycles. The molecule has 0 spiro atoms. The lowest BCUT2D eigenvalue weighted by Crippen LogP contribution is -2.45. The molecular weight excluding hydrogens is 524 g/mol. The molecule has 1 fully saturated rings. The van der Waals surface area contributed by atoms with Crippen molar-refractivity contribution in [3.05, 3.63) is 41.4 Å². The second kappa shape index (κ2) is 14.2. The Labute approximate surface area is 203 Å². The van der Waals surface area contributed by atoms with Crippen molar-refractivity contribution in [2.75, 3.05) is 18.4 Å². The molecule has 3 rings (SSSR count). The summed E-state index contributed by atoms with van der Waals surface area (Å²) in [6, 6.07) is 10.5. The van der Waals surface area contributed by atoms with Crippen molar-refractivity contribution in [3.63, 3.8) is 0 Å². The van der Waals surface area contributed by atoms with E-state index >= 15 is 0 Å². The highest BCUT2D eigenvalue weighted by molar-refractivity contribution is 7.13. The second-order valence-corrected chi connectivity index (χ2v) is 7.82. The molecule has 200 valence electrons. The number of aromatic nitrogens is 2. The molecule has 2 heterocycles. The lowest BCUT2D eigenvalue weighted by atomic mass is 10.0. The van der Waals surface area contributed by atoms with E-state index in [9.17, 15) is 31.1 Å². The predicted octanol–water partition coefficient (Wildman–Crippen LogP) is 3.59. The van der Waals surface area contributed by atoms with Crippen molar-refractivity contribution in [1.82, 2.24) is 20.4 Å². The summed E-state index contributed by atoms with van der Waals surface area (Å²) in [6.07, 6.45) is -8.23. The number of carboxylic acid groups (broad SMARTS) is 2. The number of anilines is 1. The van der Waals surface area contributed by atoms with E-state index in [1.165, 1.54) is 16.9 Å². The first-order valence-electron chi connectivity index (χ1n) is 9.88. The number of benzene rings is 1. The van der Waals surface area contributed by atoms with Gasteiger partial charge < -0.3 is 15.5 Å². The minimum absolute atomic E-state index is 0.196. The van der Waals surface area contributed by atoms with Gasteiger partial charge in [-0.25, -0.2) is 14.4 Å². The van der Waals surface area contributed by atoms with Crippen LogP contribution in [0, 0.1) is 0 Å². The van der Waals surface area contributed by atoms with Crippen LogP contribution in [0.5, 0.6) is 0 Å². The van der Waals surface area contributed by atoms with E-state index < -0.39 is 24.3 Å². The summed E-state index contributed by atoms with van der Waals surface area (Å²) in [6.45, 7) is 2.97. The first-order chi connectivity index (χ1) is 16.7. The Bertz CT molecular complexity index is 928. The normalized spacial score (nSPS) is 14.4. The first-order valence-corrected chi connectivity index (χ1v) is 10.8. The minimum Gasteiger partial charge on any atom is -0.475 e. The fourth-order valence-electron chi connectivity index (χ4n) is 2.62. The summed E-state index contributed by atoms with van der Waals surface area (Å²) in [7, 11) is 0. The molecule has 2 amide bonds. The largest absolute Gasteiger partial charge is 0.490 e. The molecule has 0 aliphatic carbocycles. The molecule has 36 heavy (non-hydrogen) atoms. The number of carbonyl (C=O) groups is 3. The fraction of sp³-hybridized carbons (Fsp3) is 0.421. The number of likely N-dealkylation sites (tertiary alicyclic amines) is 1. The van der Waals surface area contributed by atoms with Crippen molar-refractivity contribution in [1.29, 1.82) is 0 Å². The van der Waals surface area contributed by atoms with Gasteiger partial charge in [0.1, 0.15) is 5.51 Å². The molecule has 0 bridgehead atoms. The standard InChI is InChI=1S/C15H19N5OS.2C2HF3O2/c21-14(18-15-19-16-11-22-15)17-13-6-8-20(9-7-13)10-12-4-2-1-3-5-12;2*3-2(4,5)1(6)7/h1-5,11,13H,6-10H2,(H2,17,18,19,21);2*(H,6,7). The van der Waals surface area contributed by atoms with Crippen molar-refractivity contribution < 1.29 is 50.9 Å². The van der Waals surface area contributed by atoms with Crippen LogP contribution in [0.15, 0.2) is 35.8 Å². The molecule has 2 aromatic rings. The summed E-state index contributed by atoms with van der Waals surface area (Å²) in [4.78, 5) is 32.1.